The molecule has 0 heterocycles. The predicted octanol–water partition coefficient (Wildman–Crippen LogP) is 4.00. The third-order valence-electron chi connectivity index (χ3n) is 4.06. The van der Waals surface area contributed by atoms with Crippen LogP contribution in [0, 0.1) is 12.1 Å². The van der Waals surface area contributed by atoms with Gasteiger partial charge in [0.15, 0.2) is 5.78 Å². The fourth-order valence-electron chi connectivity index (χ4n) is 3.27. The monoisotopic (exact) mass is 292 g/mol. The molecule has 0 saturated heterocycles. The first kappa shape index (κ1) is 14.1. The van der Waals surface area contributed by atoms with Gasteiger partial charge in [0.2, 0.25) is 0 Å². The second kappa shape index (κ2) is 4.86. The first-order valence-electron chi connectivity index (χ1n) is 7.59. The van der Waals surface area contributed by atoms with Crippen molar-refractivity contribution < 1.29 is 4.79 Å². The van der Waals surface area contributed by atoms with Gasteiger partial charge < -0.3 is 0 Å². The number of hydrogen-bond acceptors (Lipinski definition) is 1. The van der Waals surface area contributed by atoms with Gasteiger partial charge in [-0.25, -0.2) is 0 Å². The summed E-state index contributed by atoms with van der Waals surface area (Å²) in [7, 11) is -1.63. The van der Waals surface area contributed by atoms with Crippen molar-refractivity contribution >= 4 is 19.0 Å². The lowest BCUT2D eigenvalue weighted by Gasteiger charge is -2.22. The van der Waals surface area contributed by atoms with Gasteiger partial charge in [-0.3, -0.25) is 4.79 Å². The number of benzene rings is 1. The molecule has 0 saturated carbocycles. The Morgan fingerprint density at radius 3 is 2.33 bits per heavy atom. The molecule has 2 heteroatoms. The van der Waals surface area contributed by atoms with E-state index in [0.29, 0.717) is 0 Å². The van der Waals surface area contributed by atoms with Crippen LogP contribution in [0.5, 0.6) is 0 Å². The molecular formula is C19H20OSi. The Kier molecular flexibility index (Phi) is 3.26. The van der Waals surface area contributed by atoms with Crippen molar-refractivity contribution in [1.29, 1.82) is 0 Å². The van der Waals surface area contributed by atoms with Gasteiger partial charge in [0, 0.05) is 27.8 Å². The van der Waals surface area contributed by atoms with Crippen molar-refractivity contribution in [1.82, 2.24) is 0 Å². The van der Waals surface area contributed by atoms with Gasteiger partial charge in [0.25, 0.3) is 0 Å². The maximum absolute atomic E-state index is 12.9. The summed E-state index contributed by atoms with van der Waals surface area (Å²) in [5.74, 6) is 0.181. The number of ketones is 1. The Balaban J connectivity index is 2.33. The van der Waals surface area contributed by atoms with Crippen molar-refractivity contribution in [3.05, 3.63) is 53.1 Å². The molecule has 0 bridgehead atoms. The lowest BCUT2D eigenvalue weighted by atomic mass is 10.0. The lowest BCUT2D eigenvalue weighted by molar-refractivity contribution is 0.104. The maximum atomic E-state index is 12.9. The molecule has 0 aliphatic heterocycles. The number of carbonyl (C=O) groups excluding carboxylic acids is 1. The smallest absolute Gasteiger partial charge is 0.194 e. The Hall–Kier alpha value is -1.85. The Morgan fingerprint density at radius 1 is 1.05 bits per heavy atom. The highest BCUT2D eigenvalue weighted by atomic mass is 28.3. The third-order valence-corrected chi connectivity index (χ3v) is 6.11. The zero-order chi connectivity index (χ0) is 15.2. The van der Waals surface area contributed by atoms with Crippen molar-refractivity contribution in [3.63, 3.8) is 0 Å². The molecule has 0 N–H and O–H groups in total. The van der Waals surface area contributed by atoms with Gasteiger partial charge >= 0.3 is 0 Å². The van der Waals surface area contributed by atoms with Crippen LogP contribution in [-0.2, 0) is 6.42 Å². The SMILES string of the molecule is CCCc1c#cc2c(c1[Si](C)(C)C)C(=O)c1ccccc1-2. The average molecular weight is 292 g/mol. The van der Waals surface area contributed by atoms with Crippen LogP contribution in [0.1, 0.15) is 34.8 Å². The van der Waals surface area contributed by atoms with Crippen LogP contribution in [-0.4, -0.2) is 13.9 Å². The van der Waals surface area contributed by atoms with Gasteiger partial charge in [-0.05, 0) is 11.6 Å². The van der Waals surface area contributed by atoms with Crippen LogP contribution in [0.2, 0.25) is 19.6 Å². The summed E-state index contributed by atoms with van der Waals surface area (Å²) in [5, 5.41) is 1.29. The van der Waals surface area contributed by atoms with Crippen LogP contribution in [0.3, 0.4) is 0 Å². The molecular weight excluding hydrogens is 272 g/mol. The fourth-order valence-corrected chi connectivity index (χ4v) is 5.35. The zero-order valence-corrected chi connectivity index (χ0v) is 14.1. The highest BCUT2D eigenvalue weighted by Crippen LogP contribution is 2.35. The highest BCUT2D eigenvalue weighted by Gasteiger charge is 2.34. The van der Waals surface area contributed by atoms with Crippen LogP contribution < -0.4 is 5.19 Å². The first-order valence-corrected chi connectivity index (χ1v) is 11.1. The molecule has 0 atom stereocenters. The van der Waals surface area contributed by atoms with E-state index in [-0.39, 0.29) is 5.78 Å². The predicted molar refractivity (Wildman–Crippen MR) is 90.0 cm³/mol. The van der Waals surface area contributed by atoms with E-state index >= 15 is 0 Å². The molecule has 1 aliphatic carbocycles. The van der Waals surface area contributed by atoms with Crippen molar-refractivity contribution in [2.75, 3.05) is 0 Å². The number of fused-ring (bicyclic) bond motifs is 3. The molecule has 0 spiro atoms. The molecule has 2 aromatic rings. The molecule has 2 aromatic carbocycles. The Morgan fingerprint density at radius 2 is 1.71 bits per heavy atom. The van der Waals surface area contributed by atoms with Gasteiger partial charge in [-0.15, -0.1) is 0 Å². The van der Waals surface area contributed by atoms with Gasteiger partial charge in [0.05, 0.1) is 8.07 Å². The average Bonchev–Trinajstić information content (AvgIpc) is 2.72. The largest absolute Gasteiger partial charge is 0.289 e. The Bertz CT molecular complexity index is 723. The number of hydrogen-bond donors (Lipinski definition) is 0. The van der Waals surface area contributed by atoms with Crippen molar-refractivity contribution in [2.24, 2.45) is 0 Å². The summed E-state index contributed by atoms with van der Waals surface area (Å²) in [4.78, 5) is 12.9. The van der Waals surface area contributed by atoms with Crippen molar-refractivity contribution in [3.8, 4) is 11.1 Å². The second-order valence-electron chi connectivity index (χ2n) is 6.73. The standard InChI is InChI=1S/C19H20OSi/c1-5-8-13-11-12-15-14-9-6-7-10-16(14)18(20)17(15)19(13)21(2,3)4/h6-7,9-10H,5,8H2,1-4H3. The molecule has 0 fully saturated rings. The minimum Gasteiger partial charge on any atom is -0.289 e. The summed E-state index contributed by atoms with van der Waals surface area (Å²) in [6.07, 6.45) is 2.05. The topological polar surface area (TPSA) is 17.1 Å². The van der Waals surface area contributed by atoms with Crippen LogP contribution in [0.15, 0.2) is 24.3 Å². The number of carbonyl (C=O) groups is 1. The van der Waals surface area contributed by atoms with E-state index in [1.807, 2.05) is 24.3 Å². The van der Waals surface area contributed by atoms with Gasteiger partial charge in [0.1, 0.15) is 0 Å². The van der Waals surface area contributed by atoms with E-state index in [9.17, 15) is 4.79 Å². The van der Waals surface area contributed by atoms with E-state index in [1.54, 1.807) is 0 Å². The van der Waals surface area contributed by atoms with E-state index < -0.39 is 8.07 Å². The first-order chi connectivity index (χ1) is 9.95. The molecule has 0 aromatic heterocycles. The molecule has 21 heavy (non-hydrogen) atoms. The molecule has 1 aliphatic rings. The summed E-state index contributed by atoms with van der Waals surface area (Å²) in [6, 6.07) is 14.5. The molecule has 0 radical (unpaired) electrons. The third kappa shape index (κ3) is 2.13. The summed E-state index contributed by atoms with van der Waals surface area (Å²) >= 11 is 0. The van der Waals surface area contributed by atoms with Gasteiger partial charge in [-0.1, -0.05) is 69.4 Å². The zero-order valence-electron chi connectivity index (χ0n) is 13.1. The van der Waals surface area contributed by atoms with E-state index in [0.717, 1.165) is 35.1 Å². The molecule has 0 amide bonds. The van der Waals surface area contributed by atoms with E-state index in [4.69, 9.17) is 0 Å². The molecule has 106 valence electrons. The summed E-state index contributed by atoms with van der Waals surface area (Å²) in [6.45, 7) is 9.11. The van der Waals surface area contributed by atoms with E-state index in [1.165, 1.54) is 10.8 Å². The van der Waals surface area contributed by atoms with Crippen LogP contribution in [0.4, 0.5) is 0 Å². The molecule has 0 unspecified atom stereocenters. The minimum atomic E-state index is -1.63. The highest BCUT2D eigenvalue weighted by molar-refractivity contribution is 6.90. The fraction of sp³-hybridized carbons (Fsp3) is 0.316. The molecule has 3 rings (SSSR count). The Labute approximate surface area is 128 Å². The quantitative estimate of drug-likeness (QED) is 0.667. The van der Waals surface area contributed by atoms with Crippen LogP contribution in [0.25, 0.3) is 11.1 Å². The van der Waals surface area contributed by atoms with Gasteiger partial charge in [-0.2, -0.15) is 0 Å². The number of rotatable bonds is 3. The van der Waals surface area contributed by atoms with Crippen molar-refractivity contribution in [2.45, 2.75) is 39.4 Å². The lowest BCUT2D eigenvalue weighted by Crippen LogP contribution is -2.43. The van der Waals surface area contributed by atoms with E-state index in [2.05, 4.69) is 38.7 Å². The summed E-state index contributed by atoms with van der Waals surface area (Å²) < 4.78 is 0. The normalized spacial score (nSPS) is 12.9. The maximum Gasteiger partial charge on any atom is 0.194 e. The minimum absolute atomic E-state index is 0.181. The van der Waals surface area contributed by atoms with Crippen LogP contribution >= 0.6 is 0 Å². The summed E-state index contributed by atoms with van der Waals surface area (Å²) in [5.41, 5.74) is 4.93. The second-order valence-corrected chi connectivity index (χ2v) is 11.7. The molecule has 1 nitrogen and oxygen atoms in total.